The molecule has 0 fully saturated rings. The van der Waals surface area contributed by atoms with Gasteiger partial charge < -0.3 is 10.2 Å². The molecule has 0 aromatic carbocycles. The molecule has 0 spiro atoms. The summed E-state index contributed by atoms with van der Waals surface area (Å²) in [5.74, 6) is -2.44. The average Bonchev–Trinajstić information content (AvgIpc) is 2.79. The minimum absolute atomic E-state index is 0.0659. The molecule has 0 saturated heterocycles. The molecule has 2 N–H and O–H groups in total. The van der Waals surface area contributed by atoms with Gasteiger partial charge in [0.15, 0.2) is 0 Å². The van der Waals surface area contributed by atoms with Crippen molar-refractivity contribution in [2.24, 2.45) is 5.92 Å². The number of alkyl halides is 6. The molecule has 0 saturated carbocycles. The van der Waals surface area contributed by atoms with Crippen molar-refractivity contribution in [3.05, 3.63) is 22.4 Å². The Balaban J connectivity index is 3.31. The molecular weight excluding hydrogens is 310 g/mol. The van der Waals surface area contributed by atoms with Crippen LogP contribution in [-0.2, 0) is 0 Å². The van der Waals surface area contributed by atoms with Crippen LogP contribution in [0.15, 0.2) is 17.5 Å². The van der Waals surface area contributed by atoms with Gasteiger partial charge in [-0.15, -0.1) is 11.3 Å². The van der Waals surface area contributed by atoms with E-state index in [2.05, 4.69) is 0 Å². The summed E-state index contributed by atoms with van der Waals surface area (Å²) in [6.45, 7) is 1.05. The number of hydrogen-bond acceptors (Lipinski definition) is 3. The summed E-state index contributed by atoms with van der Waals surface area (Å²) in [5, 5.41) is 20.5. The van der Waals surface area contributed by atoms with Crippen LogP contribution in [0, 0.1) is 5.92 Å². The molecule has 1 aromatic rings. The zero-order chi connectivity index (χ0) is 15.8. The maximum Gasteiger partial charge on any atom is 0.426 e. The first-order chi connectivity index (χ1) is 8.96. The predicted molar refractivity (Wildman–Crippen MR) is 60.1 cm³/mol. The van der Waals surface area contributed by atoms with E-state index in [0.29, 0.717) is 0 Å². The van der Waals surface area contributed by atoms with E-state index in [9.17, 15) is 36.6 Å². The minimum Gasteiger partial charge on any atom is -0.387 e. The van der Waals surface area contributed by atoms with Gasteiger partial charge in [0.25, 0.3) is 5.60 Å². The van der Waals surface area contributed by atoms with Gasteiger partial charge in [-0.05, 0) is 17.9 Å². The van der Waals surface area contributed by atoms with Crippen molar-refractivity contribution in [1.29, 1.82) is 0 Å². The Morgan fingerprint density at radius 3 is 1.95 bits per heavy atom. The van der Waals surface area contributed by atoms with Crippen LogP contribution < -0.4 is 0 Å². The number of aliphatic hydroxyl groups excluding tert-OH is 1. The molecule has 1 aromatic heterocycles. The van der Waals surface area contributed by atoms with Crippen LogP contribution >= 0.6 is 11.3 Å². The molecule has 1 heterocycles. The SMILES string of the molecule is CCC(C(O)c1cccs1)C(O)(C(F)(F)F)C(F)(F)F. The zero-order valence-corrected chi connectivity index (χ0v) is 11.0. The van der Waals surface area contributed by atoms with Crippen LogP contribution in [0.3, 0.4) is 0 Å². The second-order valence-electron chi connectivity index (χ2n) is 4.24. The smallest absolute Gasteiger partial charge is 0.387 e. The molecule has 2 unspecified atom stereocenters. The van der Waals surface area contributed by atoms with Gasteiger partial charge in [-0.2, -0.15) is 26.3 Å². The summed E-state index contributed by atoms with van der Waals surface area (Å²) in [4.78, 5) is -0.0659. The largest absolute Gasteiger partial charge is 0.426 e. The lowest BCUT2D eigenvalue weighted by Gasteiger charge is -2.40. The Morgan fingerprint density at radius 1 is 1.15 bits per heavy atom. The molecule has 1 rings (SSSR count). The fraction of sp³-hybridized carbons (Fsp3) is 0.636. The molecule has 0 aliphatic rings. The van der Waals surface area contributed by atoms with Gasteiger partial charge in [0.05, 0.1) is 6.10 Å². The molecule has 116 valence electrons. The fourth-order valence-corrected chi connectivity index (χ4v) is 2.76. The van der Waals surface area contributed by atoms with Crippen LogP contribution in [0.4, 0.5) is 26.3 Å². The van der Waals surface area contributed by atoms with Crippen molar-refractivity contribution < 1.29 is 36.6 Å². The summed E-state index contributed by atoms with van der Waals surface area (Å²) >= 11 is 0.816. The number of thiophene rings is 1. The summed E-state index contributed by atoms with van der Waals surface area (Å²) in [7, 11) is 0. The third kappa shape index (κ3) is 2.79. The maximum atomic E-state index is 12.8. The fourth-order valence-electron chi connectivity index (χ4n) is 1.99. The van der Waals surface area contributed by atoms with Crippen molar-refractivity contribution in [3.8, 4) is 0 Å². The molecule has 0 aliphatic carbocycles. The lowest BCUT2D eigenvalue weighted by molar-refractivity contribution is -0.391. The topological polar surface area (TPSA) is 40.5 Å². The predicted octanol–water partition coefficient (Wildman–Crippen LogP) is 3.66. The third-order valence-electron chi connectivity index (χ3n) is 3.06. The van der Waals surface area contributed by atoms with E-state index < -0.39 is 36.4 Å². The molecule has 2 nitrogen and oxygen atoms in total. The molecule has 0 bridgehead atoms. The van der Waals surface area contributed by atoms with Crippen LogP contribution in [0.1, 0.15) is 24.3 Å². The van der Waals surface area contributed by atoms with Crippen LogP contribution in [0.25, 0.3) is 0 Å². The second kappa shape index (κ2) is 5.53. The zero-order valence-electron chi connectivity index (χ0n) is 10.2. The molecule has 9 heteroatoms. The van der Waals surface area contributed by atoms with E-state index in [4.69, 9.17) is 0 Å². The van der Waals surface area contributed by atoms with Gasteiger partial charge in [-0.1, -0.05) is 13.0 Å². The van der Waals surface area contributed by atoms with Crippen LogP contribution in [-0.4, -0.2) is 28.2 Å². The number of halogens is 6. The van der Waals surface area contributed by atoms with Gasteiger partial charge in [0, 0.05) is 10.8 Å². The van der Waals surface area contributed by atoms with Crippen molar-refractivity contribution in [1.82, 2.24) is 0 Å². The van der Waals surface area contributed by atoms with E-state index in [0.717, 1.165) is 18.3 Å². The van der Waals surface area contributed by atoms with E-state index in [1.807, 2.05) is 0 Å². The Morgan fingerprint density at radius 2 is 1.65 bits per heavy atom. The molecule has 20 heavy (non-hydrogen) atoms. The van der Waals surface area contributed by atoms with Crippen molar-refractivity contribution >= 4 is 11.3 Å². The van der Waals surface area contributed by atoms with Gasteiger partial charge >= 0.3 is 12.4 Å². The standard InChI is InChI=1S/C11H12F6O2S/c1-2-6(8(18)7-4-3-5-20-7)9(19,10(12,13)14)11(15,16)17/h3-6,8,18-19H,2H2,1H3. The summed E-state index contributed by atoms with van der Waals surface area (Å²) < 4.78 is 76.6. The highest BCUT2D eigenvalue weighted by Gasteiger charge is 2.74. The first-order valence-corrected chi connectivity index (χ1v) is 6.42. The quantitative estimate of drug-likeness (QED) is 0.831. The lowest BCUT2D eigenvalue weighted by Crippen LogP contribution is -2.62. The van der Waals surface area contributed by atoms with Gasteiger partial charge in [-0.25, -0.2) is 0 Å². The highest BCUT2D eigenvalue weighted by molar-refractivity contribution is 7.10. The lowest BCUT2D eigenvalue weighted by atomic mass is 9.79. The Labute approximate surface area is 114 Å². The van der Waals surface area contributed by atoms with E-state index in [1.165, 1.54) is 17.5 Å². The summed E-state index contributed by atoms with van der Waals surface area (Å²) in [6, 6.07) is 2.60. The second-order valence-corrected chi connectivity index (χ2v) is 5.22. The highest BCUT2D eigenvalue weighted by atomic mass is 32.1. The Bertz CT molecular complexity index is 411. The molecule has 2 atom stereocenters. The van der Waals surface area contributed by atoms with E-state index in [-0.39, 0.29) is 4.88 Å². The first-order valence-electron chi connectivity index (χ1n) is 5.54. The van der Waals surface area contributed by atoms with Crippen molar-refractivity contribution in [2.45, 2.75) is 37.4 Å². The maximum absolute atomic E-state index is 12.8. The number of rotatable bonds is 4. The van der Waals surface area contributed by atoms with E-state index in [1.54, 1.807) is 0 Å². The summed E-state index contributed by atoms with van der Waals surface area (Å²) in [5.41, 5.74) is -4.96. The van der Waals surface area contributed by atoms with Gasteiger partial charge in [0.2, 0.25) is 0 Å². The Hall–Kier alpha value is -0.800. The van der Waals surface area contributed by atoms with Gasteiger partial charge in [-0.3, -0.25) is 0 Å². The normalized spacial score (nSPS) is 17.1. The summed E-state index contributed by atoms with van der Waals surface area (Å²) in [6.07, 6.45) is -14.6. The Kier molecular flexibility index (Phi) is 4.77. The van der Waals surface area contributed by atoms with Crippen molar-refractivity contribution in [2.75, 3.05) is 0 Å². The molecule has 0 aliphatic heterocycles. The molecule has 0 amide bonds. The first kappa shape index (κ1) is 17.3. The monoisotopic (exact) mass is 322 g/mol. The van der Waals surface area contributed by atoms with E-state index >= 15 is 0 Å². The van der Waals surface area contributed by atoms with Crippen molar-refractivity contribution in [3.63, 3.8) is 0 Å². The average molecular weight is 322 g/mol. The number of aliphatic hydroxyl groups is 2. The highest BCUT2D eigenvalue weighted by Crippen LogP contribution is 2.52. The third-order valence-corrected chi connectivity index (χ3v) is 4.00. The van der Waals surface area contributed by atoms with Crippen LogP contribution in [0.2, 0.25) is 0 Å². The molecule has 0 radical (unpaired) electrons. The van der Waals surface area contributed by atoms with Crippen LogP contribution in [0.5, 0.6) is 0 Å². The van der Waals surface area contributed by atoms with Gasteiger partial charge in [0.1, 0.15) is 0 Å². The minimum atomic E-state index is -5.94. The number of hydrogen-bond donors (Lipinski definition) is 2. The molecular formula is C11H12F6O2S.